The van der Waals surface area contributed by atoms with Crippen LogP contribution in [0, 0.1) is 0 Å². The minimum atomic E-state index is -0.243. The Labute approximate surface area is 207 Å². The van der Waals surface area contributed by atoms with Gasteiger partial charge in [-0.3, -0.25) is 9.59 Å². The van der Waals surface area contributed by atoms with Crippen molar-refractivity contribution in [2.45, 2.75) is 31.8 Å². The Morgan fingerprint density at radius 1 is 1.09 bits per heavy atom. The number of hydrogen-bond acceptors (Lipinski definition) is 6. The van der Waals surface area contributed by atoms with E-state index in [1.165, 1.54) is 11.3 Å². The summed E-state index contributed by atoms with van der Waals surface area (Å²) >= 11 is 1.30. The van der Waals surface area contributed by atoms with Gasteiger partial charge in [0, 0.05) is 11.6 Å². The average Bonchev–Trinajstić information content (AvgIpc) is 3.34. The van der Waals surface area contributed by atoms with E-state index in [1.54, 1.807) is 24.5 Å². The zero-order chi connectivity index (χ0) is 24.2. The van der Waals surface area contributed by atoms with Gasteiger partial charge >= 0.3 is 0 Å². The van der Waals surface area contributed by atoms with Gasteiger partial charge in [0.05, 0.1) is 18.0 Å². The molecule has 2 amide bonds. The molecule has 2 N–H and O–H groups in total. The van der Waals surface area contributed by atoms with E-state index < -0.39 is 0 Å². The van der Waals surface area contributed by atoms with Crippen molar-refractivity contribution in [3.63, 3.8) is 0 Å². The Bertz CT molecular complexity index is 1300. The highest BCUT2D eigenvalue weighted by Crippen LogP contribution is 2.34. The smallest absolute Gasteiger partial charge is 0.264 e. The largest absolute Gasteiger partial charge is 0.484 e. The summed E-state index contributed by atoms with van der Waals surface area (Å²) in [7, 11) is 0. The molecule has 0 bridgehead atoms. The molecular formula is C27H25N3O4S. The van der Waals surface area contributed by atoms with Gasteiger partial charge in [0.15, 0.2) is 17.4 Å². The molecular weight excluding hydrogens is 462 g/mol. The number of furan rings is 1. The van der Waals surface area contributed by atoms with Crippen molar-refractivity contribution in [3.05, 3.63) is 83.4 Å². The topological polar surface area (TPSA) is 93.5 Å². The number of hydrogen-bond donors (Lipinski definition) is 2. The molecule has 7 nitrogen and oxygen atoms in total. The van der Waals surface area contributed by atoms with Crippen molar-refractivity contribution in [1.82, 2.24) is 15.6 Å². The molecule has 35 heavy (non-hydrogen) atoms. The molecule has 1 aliphatic carbocycles. The van der Waals surface area contributed by atoms with Gasteiger partial charge in [-0.05, 0) is 49.6 Å². The number of carbonyl (C=O) groups excluding carboxylic acids is 2. The Kier molecular flexibility index (Phi) is 6.63. The molecule has 1 atom stereocenters. The summed E-state index contributed by atoms with van der Waals surface area (Å²) < 4.78 is 11.1. The number of nitrogens with one attached hydrogen (secondary N) is 2. The quantitative estimate of drug-likeness (QED) is 0.338. The first-order valence-corrected chi connectivity index (χ1v) is 12.3. The van der Waals surface area contributed by atoms with Gasteiger partial charge in [0.25, 0.3) is 11.8 Å². The van der Waals surface area contributed by atoms with Gasteiger partial charge < -0.3 is 19.8 Å². The molecule has 1 saturated carbocycles. The molecule has 178 valence electrons. The summed E-state index contributed by atoms with van der Waals surface area (Å²) in [5, 5.41) is 6.62. The maximum Gasteiger partial charge on any atom is 0.264 e. The fraction of sp³-hybridized carbons (Fsp3) is 0.222. The molecule has 5 rings (SSSR count). The second-order valence-corrected chi connectivity index (χ2v) is 9.43. The molecule has 1 fully saturated rings. The van der Waals surface area contributed by atoms with Crippen LogP contribution in [-0.4, -0.2) is 29.4 Å². The van der Waals surface area contributed by atoms with Crippen molar-refractivity contribution >= 4 is 23.2 Å². The van der Waals surface area contributed by atoms with E-state index in [0.717, 1.165) is 24.0 Å². The second kappa shape index (κ2) is 10.1. The highest BCUT2D eigenvalue weighted by Gasteiger charge is 2.24. The van der Waals surface area contributed by atoms with E-state index in [9.17, 15) is 9.59 Å². The summed E-state index contributed by atoms with van der Waals surface area (Å²) in [5.74, 6) is 0.921. The first kappa shape index (κ1) is 22.9. The molecule has 2 heterocycles. The van der Waals surface area contributed by atoms with Crippen LogP contribution in [0.3, 0.4) is 0 Å². The maximum atomic E-state index is 13.3. The van der Waals surface area contributed by atoms with Gasteiger partial charge in [-0.1, -0.05) is 42.5 Å². The van der Waals surface area contributed by atoms with Crippen molar-refractivity contribution in [1.29, 1.82) is 0 Å². The second-order valence-electron chi connectivity index (χ2n) is 8.43. The van der Waals surface area contributed by atoms with Crippen LogP contribution in [0.25, 0.3) is 22.0 Å². The van der Waals surface area contributed by atoms with Crippen molar-refractivity contribution in [3.8, 4) is 27.8 Å². The van der Waals surface area contributed by atoms with Crippen LogP contribution in [0.2, 0.25) is 0 Å². The Balaban J connectivity index is 1.28. The standard InChI is InChI=1S/C27H25N3O4S/c1-17(18-9-13-21(14-10-18)34-16-23(31)29-20-11-12-20)28-26(32)25-24(19-6-3-2-4-7-19)30-27(35-25)22-8-5-15-33-22/h2-10,13-15,17,20H,11-12,16H2,1H3,(H,28,32)(H,29,31). The third-order valence-corrected chi connectivity index (χ3v) is 6.72. The zero-order valence-corrected chi connectivity index (χ0v) is 20.0. The highest BCUT2D eigenvalue weighted by molar-refractivity contribution is 7.17. The monoisotopic (exact) mass is 487 g/mol. The Morgan fingerprint density at radius 3 is 2.54 bits per heavy atom. The first-order chi connectivity index (χ1) is 17.1. The van der Waals surface area contributed by atoms with Gasteiger partial charge in [-0.25, -0.2) is 4.98 Å². The lowest BCUT2D eigenvalue weighted by Gasteiger charge is -2.15. The summed E-state index contributed by atoms with van der Waals surface area (Å²) in [6, 6.07) is 20.7. The predicted octanol–water partition coefficient (Wildman–Crippen LogP) is 5.22. The first-order valence-electron chi connectivity index (χ1n) is 11.5. The number of rotatable bonds is 9. The van der Waals surface area contributed by atoms with E-state index >= 15 is 0 Å². The average molecular weight is 488 g/mol. The third kappa shape index (κ3) is 5.60. The minimum Gasteiger partial charge on any atom is -0.484 e. The molecule has 0 saturated heterocycles. The fourth-order valence-corrected chi connectivity index (χ4v) is 4.57. The van der Waals surface area contributed by atoms with Gasteiger partial charge in [-0.2, -0.15) is 0 Å². The van der Waals surface area contributed by atoms with Crippen LogP contribution < -0.4 is 15.4 Å². The molecule has 2 aromatic heterocycles. The van der Waals surface area contributed by atoms with Gasteiger partial charge in [0.2, 0.25) is 0 Å². The molecule has 0 spiro atoms. The zero-order valence-electron chi connectivity index (χ0n) is 19.2. The number of ether oxygens (including phenoxy) is 1. The third-order valence-electron chi connectivity index (χ3n) is 5.65. The molecule has 4 aromatic rings. The fourth-order valence-electron chi connectivity index (χ4n) is 3.62. The lowest BCUT2D eigenvalue weighted by Crippen LogP contribution is -2.30. The van der Waals surface area contributed by atoms with Crippen LogP contribution in [0.4, 0.5) is 0 Å². The summed E-state index contributed by atoms with van der Waals surface area (Å²) in [6.07, 6.45) is 3.68. The van der Waals surface area contributed by atoms with Crippen LogP contribution in [0.15, 0.2) is 77.4 Å². The van der Waals surface area contributed by atoms with Gasteiger partial charge in [-0.15, -0.1) is 11.3 Å². The summed E-state index contributed by atoms with van der Waals surface area (Å²) in [5.41, 5.74) is 2.41. The van der Waals surface area contributed by atoms with E-state index in [0.29, 0.717) is 33.1 Å². The maximum absolute atomic E-state index is 13.3. The van der Waals surface area contributed by atoms with Crippen LogP contribution in [-0.2, 0) is 4.79 Å². The number of benzene rings is 2. The number of amides is 2. The number of nitrogens with zero attached hydrogens (tertiary/aromatic N) is 1. The molecule has 1 unspecified atom stereocenters. The highest BCUT2D eigenvalue weighted by atomic mass is 32.1. The van der Waals surface area contributed by atoms with Crippen molar-refractivity contribution in [2.75, 3.05) is 6.61 Å². The molecule has 8 heteroatoms. The van der Waals surface area contributed by atoms with Crippen molar-refractivity contribution < 1.29 is 18.7 Å². The van der Waals surface area contributed by atoms with Crippen LogP contribution in [0.1, 0.15) is 41.0 Å². The molecule has 2 aromatic carbocycles. The SMILES string of the molecule is CC(NC(=O)c1sc(-c2ccco2)nc1-c1ccccc1)c1ccc(OCC(=O)NC2CC2)cc1. The number of carbonyl (C=O) groups is 2. The lowest BCUT2D eigenvalue weighted by molar-refractivity contribution is -0.123. The Hall–Kier alpha value is -3.91. The van der Waals surface area contributed by atoms with E-state index in [4.69, 9.17) is 14.1 Å². The van der Waals surface area contributed by atoms with Crippen LogP contribution >= 0.6 is 11.3 Å². The number of thiazole rings is 1. The molecule has 1 aliphatic rings. The van der Waals surface area contributed by atoms with E-state index in [2.05, 4.69) is 10.6 Å². The molecule has 0 aliphatic heterocycles. The number of aromatic nitrogens is 1. The predicted molar refractivity (Wildman–Crippen MR) is 134 cm³/mol. The lowest BCUT2D eigenvalue weighted by atomic mass is 10.1. The summed E-state index contributed by atoms with van der Waals surface area (Å²) in [4.78, 5) is 30.3. The van der Waals surface area contributed by atoms with Crippen LogP contribution in [0.5, 0.6) is 5.75 Å². The van der Waals surface area contributed by atoms with Gasteiger partial charge in [0.1, 0.15) is 10.6 Å². The van der Waals surface area contributed by atoms with E-state index in [-0.39, 0.29) is 24.5 Å². The van der Waals surface area contributed by atoms with E-state index in [1.807, 2.05) is 55.5 Å². The minimum absolute atomic E-state index is 0.00617. The van der Waals surface area contributed by atoms with Crippen molar-refractivity contribution in [2.24, 2.45) is 0 Å². The normalized spacial score (nSPS) is 13.7. The summed E-state index contributed by atoms with van der Waals surface area (Å²) in [6.45, 7) is 1.92. The Morgan fingerprint density at radius 2 is 1.86 bits per heavy atom. The molecule has 0 radical (unpaired) electrons.